The zero-order chi connectivity index (χ0) is 18.2. The van der Waals surface area contributed by atoms with E-state index in [1.807, 2.05) is 38.2 Å². The molecule has 1 heterocycles. The van der Waals surface area contributed by atoms with E-state index in [-0.39, 0.29) is 5.91 Å². The molecule has 0 aliphatic heterocycles. The number of benzene rings is 1. The summed E-state index contributed by atoms with van der Waals surface area (Å²) in [4.78, 5) is 22.9. The van der Waals surface area contributed by atoms with Gasteiger partial charge in [0.05, 0.1) is 0 Å². The van der Waals surface area contributed by atoms with Crippen LogP contribution in [-0.4, -0.2) is 40.9 Å². The Labute approximate surface area is 154 Å². The largest absolute Gasteiger partial charge is 0.354 e. The minimum absolute atomic E-state index is 0.0724. The van der Waals surface area contributed by atoms with Gasteiger partial charge in [-0.15, -0.1) is 0 Å². The minimum Gasteiger partial charge on any atom is -0.354 e. The number of nitrogens with one attached hydrogen (secondary N) is 1. The number of aromatic nitrogens is 2. The van der Waals surface area contributed by atoms with Gasteiger partial charge < -0.3 is 10.2 Å². The summed E-state index contributed by atoms with van der Waals surface area (Å²) in [6.45, 7) is 5.38. The fraction of sp³-hybridized carbons (Fsp3) is 0.421. The van der Waals surface area contributed by atoms with Gasteiger partial charge in [0, 0.05) is 30.9 Å². The van der Waals surface area contributed by atoms with Crippen LogP contribution >= 0.6 is 11.6 Å². The molecule has 0 radical (unpaired) electrons. The third kappa shape index (κ3) is 6.02. The van der Waals surface area contributed by atoms with E-state index in [0.29, 0.717) is 18.2 Å². The Kier molecular flexibility index (Phi) is 7.19. The molecule has 0 unspecified atom stereocenters. The summed E-state index contributed by atoms with van der Waals surface area (Å²) in [7, 11) is 1.81. The van der Waals surface area contributed by atoms with E-state index >= 15 is 0 Å². The summed E-state index contributed by atoms with van der Waals surface area (Å²) in [5.74, 6) is 0.408. The lowest BCUT2D eigenvalue weighted by molar-refractivity contribution is 0.0787. The smallest absolute Gasteiger partial charge is 0.272 e. The molecule has 1 aromatic carbocycles. The van der Waals surface area contributed by atoms with E-state index in [1.54, 1.807) is 11.0 Å². The summed E-state index contributed by atoms with van der Waals surface area (Å²) in [6.07, 6.45) is 2.84. The lowest BCUT2D eigenvalue weighted by Crippen LogP contribution is -2.29. The number of hydrogen-bond donors (Lipinski definition) is 1. The Bertz CT molecular complexity index is 720. The predicted octanol–water partition coefficient (Wildman–Crippen LogP) is 3.97. The molecule has 1 amide bonds. The van der Waals surface area contributed by atoms with Crippen molar-refractivity contribution in [2.75, 3.05) is 25.5 Å². The molecule has 134 valence electrons. The number of aryl methyl sites for hydroxylation is 1. The van der Waals surface area contributed by atoms with Gasteiger partial charge in [0.25, 0.3) is 5.91 Å². The van der Waals surface area contributed by atoms with Gasteiger partial charge in [-0.05, 0) is 43.5 Å². The first-order valence-electron chi connectivity index (χ1n) is 8.59. The summed E-state index contributed by atoms with van der Waals surface area (Å²) in [6, 6.07) is 9.49. The number of carbonyl (C=O) groups excluding carboxylic acids is 1. The highest BCUT2D eigenvalue weighted by Crippen LogP contribution is 2.12. The molecule has 0 bridgehead atoms. The predicted molar refractivity (Wildman–Crippen MR) is 102 cm³/mol. The average molecular weight is 361 g/mol. The van der Waals surface area contributed by atoms with Crippen LogP contribution < -0.4 is 5.32 Å². The molecule has 0 atom stereocenters. The first-order chi connectivity index (χ1) is 12.0. The third-order valence-corrected chi connectivity index (χ3v) is 4.09. The van der Waals surface area contributed by atoms with Gasteiger partial charge in [-0.3, -0.25) is 4.79 Å². The molecule has 1 N–H and O–H groups in total. The Hall–Kier alpha value is -2.14. The van der Waals surface area contributed by atoms with E-state index in [2.05, 4.69) is 22.2 Å². The van der Waals surface area contributed by atoms with Crippen molar-refractivity contribution in [3.05, 3.63) is 52.3 Å². The van der Waals surface area contributed by atoms with Crippen molar-refractivity contribution in [3.8, 4) is 0 Å². The zero-order valence-corrected chi connectivity index (χ0v) is 15.8. The van der Waals surface area contributed by atoms with Crippen molar-refractivity contribution < 1.29 is 4.79 Å². The quantitative estimate of drug-likeness (QED) is 0.774. The number of unbranched alkanes of at least 4 members (excludes halogenated alkanes) is 1. The number of anilines is 1. The number of rotatable bonds is 8. The van der Waals surface area contributed by atoms with Crippen molar-refractivity contribution >= 4 is 23.5 Å². The van der Waals surface area contributed by atoms with Crippen LogP contribution in [0.5, 0.6) is 0 Å². The fourth-order valence-electron chi connectivity index (χ4n) is 2.46. The lowest BCUT2D eigenvalue weighted by atomic mass is 10.1. The minimum atomic E-state index is -0.0724. The molecular formula is C19H25ClN4O. The van der Waals surface area contributed by atoms with Gasteiger partial charge in [0.15, 0.2) is 0 Å². The maximum atomic E-state index is 12.5. The molecule has 0 saturated heterocycles. The number of halogens is 1. The highest BCUT2D eigenvalue weighted by Gasteiger charge is 2.14. The molecular weight excluding hydrogens is 336 g/mol. The third-order valence-electron chi connectivity index (χ3n) is 3.85. The molecule has 2 rings (SSSR count). The van der Waals surface area contributed by atoms with Crippen LogP contribution in [0.3, 0.4) is 0 Å². The Morgan fingerprint density at radius 1 is 1.28 bits per heavy atom. The summed E-state index contributed by atoms with van der Waals surface area (Å²) < 4.78 is 0. The van der Waals surface area contributed by atoms with E-state index in [0.717, 1.165) is 42.1 Å². The molecule has 0 aliphatic carbocycles. The number of hydrogen-bond acceptors (Lipinski definition) is 4. The SMILES string of the molecule is CCCCN(C)C(=O)c1cc(C)nc(NCCc2cccc(Cl)c2)n1. The van der Waals surface area contributed by atoms with Gasteiger partial charge in [0.2, 0.25) is 5.95 Å². The van der Waals surface area contributed by atoms with Crippen LogP contribution in [-0.2, 0) is 6.42 Å². The second kappa shape index (κ2) is 9.37. The van der Waals surface area contributed by atoms with Gasteiger partial charge in [0.1, 0.15) is 5.69 Å². The van der Waals surface area contributed by atoms with E-state index in [4.69, 9.17) is 11.6 Å². The van der Waals surface area contributed by atoms with Crippen LogP contribution in [0.1, 0.15) is 41.5 Å². The van der Waals surface area contributed by atoms with Gasteiger partial charge in [-0.2, -0.15) is 0 Å². The highest BCUT2D eigenvalue weighted by molar-refractivity contribution is 6.30. The standard InChI is InChI=1S/C19H25ClN4O/c1-4-5-11-24(3)18(25)17-12-14(2)22-19(23-17)21-10-9-15-7-6-8-16(20)13-15/h6-8,12-13H,4-5,9-11H2,1-3H3,(H,21,22,23). The number of amides is 1. The molecule has 2 aromatic rings. The van der Waals surface area contributed by atoms with Crippen LogP contribution in [0.4, 0.5) is 5.95 Å². The van der Waals surface area contributed by atoms with Crippen LogP contribution in [0.2, 0.25) is 5.02 Å². The second-order valence-electron chi connectivity index (χ2n) is 6.11. The summed E-state index contributed by atoms with van der Waals surface area (Å²) in [5.41, 5.74) is 2.34. The van der Waals surface area contributed by atoms with E-state index < -0.39 is 0 Å². The maximum absolute atomic E-state index is 12.5. The molecule has 0 aliphatic rings. The Morgan fingerprint density at radius 3 is 2.80 bits per heavy atom. The van der Waals surface area contributed by atoms with Gasteiger partial charge in [-0.25, -0.2) is 9.97 Å². The summed E-state index contributed by atoms with van der Waals surface area (Å²) >= 11 is 6.00. The van der Waals surface area contributed by atoms with Crippen molar-refractivity contribution in [1.29, 1.82) is 0 Å². The number of nitrogens with zero attached hydrogens (tertiary/aromatic N) is 3. The molecule has 0 fully saturated rings. The average Bonchev–Trinajstić information content (AvgIpc) is 2.58. The van der Waals surface area contributed by atoms with Crippen molar-refractivity contribution in [2.24, 2.45) is 0 Å². The molecule has 6 heteroatoms. The van der Waals surface area contributed by atoms with Crippen LogP contribution in [0.15, 0.2) is 30.3 Å². The maximum Gasteiger partial charge on any atom is 0.272 e. The Morgan fingerprint density at radius 2 is 2.08 bits per heavy atom. The second-order valence-corrected chi connectivity index (χ2v) is 6.54. The first kappa shape index (κ1) is 19.2. The number of carbonyl (C=O) groups is 1. The summed E-state index contributed by atoms with van der Waals surface area (Å²) in [5, 5.41) is 3.92. The Balaban J connectivity index is 1.99. The van der Waals surface area contributed by atoms with Gasteiger partial charge in [-0.1, -0.05) is 37.1 Å². The lowest BCUT2D eigenvalue weighted by Gasteiger charge is -2.17. The van der Waals surface area contributed by atoms with E-state index in [9.17, 15) is 4.79 Å². The molecule has 0 spiro atoms. The van der Waals surface area contributed by atoms with E-state index in [1.165, 1.54) is 0 Å². The fourth-order valence-corrected chi connectivity index (χ4v) is 2.67. The molecule has 1 aromatic heterocycles. The van der Waals surface area contributed by atoms with Crippen LogP contribution in [0, 0.1) is 6.92 Å². The van der Waals surface area contributed by atoms with Crippen molar-refractivity contribution in [3.63, 3.8) is 0 Å². The topological polar surface area (TPSA) is 58.1 Å². The van der Waals surface area contributed by atoms with Crippen molar-refractivity contribution in [2.45, 2.75) is 33.1 Å². The molecule has 0 saturated carbocycles. The monoisotopic (exact) mass is 360 g/mol. The molecule has 25 heavy (non-hydrogen) atoms. The normalized spacial score (nSPS) is 10.6. The van der Waals surface area contributed by atoms with Crippen molar-refractivity contribution in [1.82, 2.24) is 14.9 Å². The molecule has 5 nitrogen and oxygen atoms in total. The van der Waals surface area contributed by atoms with Crippen LogP contribution in [0.25, 0.3) is 0 Å². The zero-order valence-electron chi connectivity index (χ0n) is 15.1. The first-order valence-corrected chi connectivity index (χ1v) is 8.97. The highest BCUT2D eigenvalue weighted by atomic mass is 35.5. The van der Waals surface area contributed by atoms with Gasteiger partial charge >= 0.3 is 0 Å².